The van der Waals surface area contributed by atoms with E-state index in [-0.39, 0.29) is 27.9 Å². The first kappa shape index (κ1) is 22.0. The average Bonchev–Trinajstić information content (AvgIpc) is 2.79. The van der Waals surface area contributed by atoms with Crippen LogP contribution in [0.15, 0.2) is 52.4 Å². The number of carbonyl (C=O) groups excluding carboxylic acids is 1. The van der Waals surface area contributed by atoms with Crippen LogP contribution in [0.2, 0.25) is 0 Å². The molecule has 164 valence electrons. The van der Waals surface area contributed by atoms with Gasteiger partial charge in [0, 0.05) is 6.07 Å². The Morgan fingerprint density at radius 3 is 2.66 bits per heavy atom. The number of nitriles is 1. The maximum Gasteiger partial charge on any atom is 0.266 e. The van der Waals surface area contributed by atoms with Crippen LogP contribution in [0.3, 0.4) is 0 Å². The second kappa shape index (κ2) is 9.09. The summed E-state index contributed by atoms with van der Waals surface area (Å²) in [5.41, 5.74) is -1.15. The standard InChI is InChI=1S/C23H20F2N4O2S/c24-15-8-9-19(17(25)12-15)29-21(31)16-6-2-3-7-18(16)27-22(29)32-13-20(30)28-23(14-26)10-4-1-5-11-23/h2-3,6-9,12H,1,4-5,10-11,13H2,(H,28,30). The molecule has 0 radical (unpaired) electrons. The molecule has 1 heterocycles. The SMILES string of the molecule is N#CC1(NC(=O)CSc2nc3ccccc3c(=O)n2-c2ccc(F)cc2F)CCCCC1. The molecule has 4 rings (SSSR count). The summed E-state index contributed by atoms with van der Waals surface area (Å²) in [5, 5.41) is 12.8. The van der Waals surface area contributed by atoms with Crippen LogP contribution >= 0.6 is 11.8 Å². The zero-order valence-corrected chi connectivity index (χ0v) is 17.9. The Morgan fingerprint density at radius 2 is 1.94 bits per heavy atom. The van der Waals surface area contributed by atoms with Gasteiger partial charge in [0.05, 0.1) is 28.4 Å². The zero-order chi connectivity index (χ0) is 22.7. The second-order valence-corrected chi connectivity index (χ2v) is 8.68. The number of nitrogens with zero attached hydrogens (tertiary/aromatic N) is 3. The smallest absolute Gasteiger partial charge is 0.266 e. The molecule has 0 unspecified atom stereocenters. The van der Waals surface area contributed by atoms with Crippen molar-refractivity contribution in [1.82, 2.24) is 14.9 Å². The first-order valence-electron chi connectivity index (χ1n) is 10.2. The fourth-order valence-corrected chi connectivity index (χ4v) is 4.74. The third kappa shape index (κ3) is 4.36. The Morgan fingerprint density at radius 1 is 1.19 bits per heavy atom. The Balaban J connectivity index is 1.68. The lowest BCUT2D eigenvalue weighted by atomic mass is 9.83. The molecule has 1 aliphatic carbocycles. The van der Waals surface area contributed by atoms with Gasteiger partial charge in [-0.05, 0) is 37.1 Å². The van der Waals surface area contributed by atoms with Crippen molar-refractivity contribution < 1.29 is 13.6 Å². The highest BCUT2D eigenvalue weighted by atomic mass is 32.2. The number of aromatic nitrogens is 2. The number of carbonyl (C=O) groups is 1. The number of thioether (sulfide) groups is 1. The normalized spacial score (nSPS) is 15.3. The molecule has 9 heteroatoms. The van der Waals surface area contributed by atoms with E-state index in [9.17, 15) is 23.6 Å². The van der Waals surface area contributed by atoms with E-state index >= 15 is 0 Å². The molecular weight excluding hydrogens is 434 g/mol. The van der Waals surface area contributed by atoms with E-state index < -0.39 is 22.7 Å². The van der Waals surface area contributed by atoms with E-state index in [0.29, 0.717) is 24.4 Å². The van der Waals surface area contributed by atoms with E-state index in [2.05, 4.69) is 16.4 Å². The van der Waals surface area contributed by atoms with Gasteiger partial charge in [-0.3, -0.25) is 14.2 Å². The van der Waals surface area contributed by atoms with Crippen LogP contribution in [-0.4, -0.2) is 26.8 Å². The Kier molecular flexibility index (Phi) is 6.24. The minimum absolute atomic E-state index is 0.101. The van der Waals surface area contributed by atoms with Crippen molar-refractivity contribution in [3.63, 3.8) is 0 Å². The van der Waals surface area contributed by atoms with E-state index in [0.717, 1.165) is 41.7 Å². The molecule has 1 saturated carbocycles. The summed E-state index contributed by atoms with van der Waals surface area (Å²) >= 11 is 0.960. The molecule has 1 aromatic heterocycles. The highest BCUT2D eigenvalue weighted by molar-refractivity contribution is 7.99. The lowest BCUT2D eigenvalue weighted by Crippen LogP contribution is -2.49. The lowest BCUT2D eigenvalue weighted by Gasteiger charge is -2.31. The Bertz CT molecular complexity index is 1280. The highest BCUT2D eigenvalue weighted by Crippen LogP contribution is 2.28. The quantitative estimate of drug-likeness (QED) is 0.463. The summed E-state index contributed by atoms with van der Waals surface area (Å²) in [4.78, 5) is 30.2. The molecule has 0 saturated heterocycles. The van der Waals surface area contributed by atoms with Crippen LogP contribution in [0.4, 0.5) is 8.78 Å². The van der Waals surface area contributed by atoms with Crippen molar-refractivity contribution in [1.29, 1.82) is 5.26 Å². The number of hydrogen-bond acceptors (Lipinski definition) is 5. The van der Waals surface area contributed by atoms with Gasteiger partial charge in [0.25, 0.3) is 5.56 Å². The number of rotatable bonds is 5. The van der Waals surface area contributed by atoms with Gasteiger partial charge < -0.3 is 5.32 Å². The molecule has 6 nitrogen and oxygen atoms in total. The number of nitrogens with one attached hydrogen (secondary N) is 1. The second-order valence-electron chi connectivity index (χ2n) is 7.74. The Hall–Kier alpha value is -3.25. The number of benzene rings is 2. The molecule has 0 aliphatic heterocycles. The molecule has 1 amide bonds. The lowest BCUT2D eigenvalue weighted by molar-refractivity contribution is -0.120. The number of hydrogen-bond donors (Lipinski definition) is 1. The van der Waals surface area contributed by atoms with Crippen LogP contribution < -0.4 is 10.9 Å². The van der Waals surface area contributed by atoms with Gasteiger partial charge in [0.1, 0.15) is 17.2 Å². The van der Waals surface area contributed by atoms with Crippen molar-refractivity contribution in [3.05, 3.63) is 64.5 Å². The summed E-state index contributed by atoms with van der Waals surface area (Å²) in [7, 11) is 0. The van der Waals surface area contributed by atoms with Crippen molar-refractivity contribution in [2.24, 2.45) is 0 Å². The molecule has 3 aromatic rings. The van der Waals surface area contributed by atoms with Crippen LogP contribution in [-0.2, 0) is 4.79 Å². The predicted octanol–water partition coefficient (Wildman–Crippen LogP) is 4.10. The average molecular weight is 455 g/mol. The predicted molar refractivity (Wildman–Crippen MR) is 118 cm³/mol. The number of para-hydroxylation sites is 1. The molecular formula is C23H20F2N4O2S. The van der Waals surface area contributed by atoms with E-state index in [4.69, 9.17) is 0 Å². The third-order valence-corrected chi connectivity index (χ3v) is 6.47. The molecule has 0 atom stereocenters. The van der Waals surface area contributed by atoms with Crippen molar-refractivity contribution in [2.75, 3.05) is 5.75 Å². The molecule has 1 aliphatic rings. The highest BCUT2D eigenvalue weighted by Gasteiger charge is 2.33. The van der Waals surface area contributed by atoms with Crippen LogP contribution in [0.25, 0.3) is 16.6 Å². The maximum absolute atomic E-state index is 14.5. The Labute approximate surface area is 187 Å². The zero-order valence-electron chi connectivity index (χ0n) is 17.1. The van der Waals surface area contributed by atoms with Gasteiger partial charge >= 0.3 is 0 Å². The first-order chi connectivity index (χ1) is 15.4. The number of amides is 1. The van der Waals surface area contributed by atoms with Gasteiger partial charge in [-0.15, -0.1) is 0 Å². The summed E-state index contributed by atoms with van der Waals surface area (Å²) in [5.74, 6) is -2.17. The van der Waals surface area contributed by atoms with E-state index in [1.165, 1.54) is 6.07 Å². The fraction of sp³-hybridized carbons (Fsp3) is 0.304. The van der Waals surface area contributed by atoms with Gasteiger partial charge in [-0.25, -0.2) is 13.8 Å². The minimum Gasteiger partial charge on any atom is -0.337 e. The molecule has 1 fully saturated rings. The maximum atomic E-state index is 14.5. The molecule has 2 aromatic carbocycles. The van der Waals surface area contributed by atoms with E-state index in [1.807, 2.05) is 0 Å². The number of fused-ring (bicyclic) bond motifs is 1. The monoisotopic (exact) mass is 454 g/mol. The summed E-state index contributed by atoms with van der Waals surface area (Å²) < 4.78 is 29.0. The largest absolute Gasteiger partial charge is 0.337 e. The van der Waals surface area contributed by atoms with Crippen LogP contribution in [0, 0.1) is 23.0 Å². The minimum atomic E-state index is -0.916. The fourth-order valence-electron chi connectivity index (χ4n) is 3.94. The van der Waals surface area contributed by atoms with Gasteiger partial charge in [0.2, 0.25) is 5.91 Å². The number of halogens is 2. The molecule has 1 N–H and O–H groups in total. The third-order valence-electron chi connectivity index (χ3n) is 5.53. The van der Waals surface area contributed by atoms with Gasteiger partial charge in [-0.2, -0.15) is 5.26 Å². The molecule has 32 heavy (non-hydrogen) atoms. The molecule has 0 spiro atoms. The van der Waals surface area contributed by atoms with Gasteiger partial charge in [0.15, 0.2) is 5.16 Å². The van der Waals surface area contributed by atoms with E-state index in [1.54, 1.807) is 24.3 Å². The summed E-state index contributed by atoms with van der Waals surface area (Å²) in [6.07, 6.45) is 3.97. The first-order valence-corrected chi connectivity index (χ1v) is 11.2. The molecule has 0 bridgehead atoms. The topological polar surface area (TPSA) is 87.8 Å². The van der Waals surface area contributed by atoms with Crippen LogP contribution in [0.5, 0.6) is 0 Å². The van der Waals surface area contributed by atoms with Crippen molar-refractivity contribution >= 4 is 28.6 Å². The summed E-state index contributed by atoms with van der Waals surface area (Å²) in [6, 6.07) is 11.8. The van der Waals surface area contributed by atoms with Crippen molar-refractivity contribution in [2.45, 2.75) is 42.8 Å². The van der Waals surface area contributed by atoms with Gasteiger partial charge in [-0.1, -0.05) is 43.2 Å². The van der Waals surface area contributed by atoms with Crippen LogP contribution in [0.1, 0.15) is 32.1 Å². The summed E-state index contributed by atoms with van der Waals surface area (Å²) in [6.45, 7) is 0. The van der Waals surface area contributed by atoms with Crippen molar-refractivity contribution in [3.8, 4) is 11.8 Å².